The number of aromatic amines is 2. The fraction of sp³-hybridized carbons (Fsp3) is 0.214. The topological polar surface area (TPSA) is 306 Å². The molecular weight excluding hydrogens is 1010 g/mol. The average molecular weight is 1060 g/mol. The van der Waals surface area contributed by atoms with Crippen LogP contribution in [0.4, 0.5) is 17.3 Å². The highest BCUT2D eigenvalue weighted by Crippen LogP contribution is 2.38. The number of hydrogen-bond donors (Lipinski definition) is 11. The van der Waals surface area contributed by atoms with Crippen molar-refractivity contribution in [3.05, 3.63) is 184 Å². The Kier molecular flexibility index (Phi) is 12.6. The number of Topliss-reactive ketones (excluding diaryl/α,β-unsaturated/α-hetero) is 1. The first-order valence-electron chi connectivity index (χ1n) is 25.3. The number of carbonyl (C=O) groups is 1. The van der Waals surface area contributed by atoms with E-state index in [2.05, 4.69) is 52.7 Å². The number of hydrazine groups is 1. The summed E-state index contributed by atoms with van der Waals surface area (Å²) in [4.78, 5) is 34.6. The van der Waals surface area contributed by atoms with Crippen LogP contribution in [0.1, 0.15) is 41.7 Å². The third-order valence-corrected chi connectivity index (χ3v) is 14.3. The predicted octanol–water partition coefficient (Wildman–Crippen LogP) is 5.23. The van der Waals surface area contributed by atoms with Gasteiger partial charge in [-0.3, -0.25) is 41.9 Å². The van der Waals surface area contributed by atoms with E-state index in [0.717, 1.165) is 28.0 Å². The number of aliphatic imine (C=N–C) groups is 1. The van der Waals surface area contributed by atoms with Gasteiger partial charge in [-0.05, 0) is 36.1 Å². The number of aliphatic hydroxyl groups excluding tert-OH is 2. The van der Waals surface area contributed by atoms with Crippen molar-refractivity contribution in [2.45, 2.75) is 38.0 Å². The Morgan fingerprint density at radius 3 is 2.27 bits per heavy atom. The lowest BCUT2D eigenvalue weighted by molar-refractivity contribution is -0.113. The largest absolute Gasteiger partial charge is 0.509 e. The van der Waals surface area contributed by atoms with E-state index in [-0.39, 0.29) is 78.9 Å². The second-order valence-electron chi connectivity index (χ2n) is 19.6. The minimum atomic E-state index is -0.976. The molecule has 23 heteroatoms. The monoisotopic (exact) mass is 1060 g/mol. The number of ketones is 1. The van der Waals surface area contributed by atoms with Crippen molar-refractivity contribution in [1.82, 2.24) is 46.6 Å². The lowest BCUT2D eigenvalue weighted by Gasteiger charge is -2.28. The Hall–Kier alpha value is -10.2. The molecule has 2 atom stereocenters. The molecular formula is C56H54N16O7. The summed E-state index contributed by atoms with van der Waals surface area (Å²) in [6.45, 7) is 2.59. The Morgan fingerprint density at radius 1 is 0.797 bits per heavy atom. The average Bonchev–Trinajstić information content (AvgIpc) is 4.36. The predicted molar refractivity (Wildman–Crippen MR) is 295 cm³/mol. The van der Waals surface area contributed by atoms with Gasteiger partial charge in [-0.1, -0.05) is 60.7 Å². The van der Waals surface area contributed by atoms with Crippen molar-refractivity contribution in [3.63, 3.8) is 0 Å². The Morgan fingerprint density at radius 2 is 1.52 bits per heavy atom. The van der Waals surface area contributed by atoms with Crippen LogP contribution < -0.4 is 55.1 Å². The molecule has 0 radical (unpaired) electrons. The number of methoxy groups -OCH3 is 2. The number of nitrogens with one attached hydrogen (secondary N) is 9. The summed E-state index contributed by atoms with van der Waals surface area (Å²) in [6.07, 6.45) is 7.27. The Labute approximate surface area is 452 Å². The van der Waals surface area contributed by atoms with Gasteiger partial charge in [-0.25, -0.2) is 15.0 Å². The number of nitrogens with zero attached hydrogens (tertiary/aromatic N) is 7. The zero-order valence-corrected chi connectivity index (χ0v) is 43.1. The summed E-state index contributed by atoms with van der Waals surface area (Å²) >= 11 is 0. The Bertz CT molecular complexity index is 3690. The van der Waals surface area contributed by atoms with E-state index >= 15 is 0 Å². The quantitative estimate of drug-likeness (QED) is 0.0587. The number of ether oxygens (including phenoxy) is 4. The van der Waals surface area contributed by atoms with Crippen molar-refractivity contribution in [1.29, 1.82) is 16.2 Å². The number of amidine groups is 4. The zero-order valence-electron chi connectivity index (χ0n) is 43.1. The van der Waals surface area contributed by atoms with Gasteiger partial charge in [0, 0.05) is 72.2 Å². The molecule has 6 aliphatic rings. The maximum atomic E-state index is 13.2. The van der Waals surface area contributed by atoms with Gasteiger partial charge >= 0.3 is 0 Å². The van der Waals surface area contributed by atoms with Gasteiger partial charge in [-0.2, -0.15) is 5.10 Å². The molecule has 7 heterocycles. The molecule has 6 aromatic rings. The maximum Gasteiger partial charge on any atom is 0.208 e. The minimum absolute atomic E-state index is 0.00290. The number of imidazole rings is 1. The molecule has 12 rings (SSSR count). The molecule has 11 N–H and O–H groups in total. The number of carbonyl (C=O) groups excluding carboxylic acids is 1. The molecule has 2 unspecified atom stereocenters. The molecule has 0 amide bonds. The van der Waals surface area contributed by atoms with Crippen LogP contribution in [-0.2, 0) is 17.8 Å². The molecule has 0 bridgehead atoms. The van der Waals surface area contributed by atoms with E-state index in [4.69, 9.17) is 34.7 Å². The van der Waals surface area contributed by atoms with E-state index < -0.39 is 11.6 Å². The van der Waals surface area contributed by atoms with Gasteiger partial charge in [0.05, 0.1) is 50.7 Å². The van der Waals surface area contributed by atoms with Crippen LogP contribution in [0.25, 0.3) is 5.57 Å². The van der Waals surface area contributed by atoms with Crippen LogP contribution in [0.3, 0.4) is 0 Å². The third kappa shape index (κ3) is 9.51. The third-order valence-electron chi connectivity index (χ3n) is 14.3. The SMILES string of the molecule is COc1cc(OCC2=CCC3(C)N/C(=C4\C(=N)N(c5ncc[nH]5)CC4=O)NC3=C2)cc(N2CC(O)=C(c3n[nH]c(Cc4cccc(COc5cc(OC)cc(N6CC(O)/C(=C7/N=C(c8ccccc8)NN7)C6=N)c5)c4)n3)C2=N)c1. The molecule has 400 valence electrons. The lowest BCUT2D eigenvalue weighted by atomic mass is 9.88. The number of β-amino-alcohol motifs (C(OH)–C–C–N with tert-alkyl or cyclic N) is 1. The number of rotatable bonds is 15. The highest BCUT2D eigenvalue weighted by molar-refractivity contribution is 6.33. The van der Waals surface area contributed by atoms with E-state index in [0.29, 0.717) is 82.0 Å². The number of hydrogen-bond acceptors (Lipinski definition) is 18. The van der Waals surface area contributed by atoms with Gasteiger partial charge in [0.1, 0.15) is 88.4 Å². The molecule has 23 nitrogen and oxygen atoms in total. The fourth-order valence-electron chi connectivity index (χ4n) is 10.2. The van der Waals surface area contributed by atoms with Crippen LogP contribution in [-0.4, -0.2) is 117 Å². The molecule has 0 spiro atoms. The molecule has 0 saturated carbocycles. The summed E-state index contributed by atoms with van der Waals surface area (Å²) in [5.41, 5.74) is 11.9. The van der Waals surface area contributed by atoms with Crippen LogP contribution >= 0.6 is 0 Å². The molecule has 3 fully saturated rings. The van der Waals surface area contributed by atoms with Crippen molar-refractivity contribution in [2.75, 3.05) is 55.2 Å². The first-order valence-corrected chi connectivity index (χ1v) is 25.3. The highest BCUT2D eigenvalue weighted by atomic mass is 16.5. The van der Waals surface area contributed by atoms with Gasteiger partial charge < -0.3 is 54.6 Å². The Balaban J connectivity index is 0.677. The normalized spacial score (nSPS) is 21.6. The summed E-state index contributed by atoms with van der Waals surface area (Å²) in [7, 11) is 3.10. The molecule has 79 heavy (non-hydrogen) atoms. The van der Waals surface area contributed by atoms with E-state index in [1.54, 1.807) is 72.8 Å². The number of fused-ring (bicyclic) bond motifs is 1. The summed E-state index contributed by atoms with van der Waals surface area (Å²) < 4.78 is 23.9. The molecule has 3 saturated heterocycles. The number of benzene rings is 4. The van der Waals surface area contributed by atoms with Gasteiger partial charge in [0.25, 0.3) is 0 Å². The van der Waals surface area contributed by atoms with Gasteiger partial charge in [0.2, 0.25) is 5.95 Å². The molecule has 2 aromatic heterocycles. The van der Waals surface area contributed by atoms with Crippen molar-refractivity contribution < 1.29 is 34.0 Å². The molecule has 5 aliphatic heterocycles. The van der Waals surface area contributed by atoms with Crippen molar-refractivity contribution in [2.24, 2.45) is 4.99 Å². The lowest BCUT2D eigenvalue weighted by Crippen LogP contribution is -2.38. The number of H-pyrrole nitrogens is 2. The van der Waals surface area contributed by atoms with Crippen LogP contribution in [0.2, 0.25) is 0 Å². The minimum Gasteiger partial charge on any atom is -0.509 e. The van der Waals surface area contributed by atoms with Crippen molar-refractivity contribution in [3.8, 4) is 23.0 Å². The van der Waals surface area contributed by atoms with E-state index in [1.807, 2.05) is 67.6 Å². The van der Waals surface area contributed by atoms with E-state index in [9.17, 15) is 20.4 Å². The maximum absolute atomic E-state index is 13.2. The van der Waals surface area contributed by atoms with Gasteiger partial charge in [0.15, 0.2) is 23.3 Å². The number of aromatic nitrogens is 5. The standard InChI is InChI=1S/C56H54N16O7/c1-56-13-12-32(17-43(56)62-52(65-56)45-42(75)27-72(50(45)59)55-60-14-15-61-55)29-79-39-22-34(19-37(24-39)77-3)70-25-40(73)46(48(70)57)53-63-44(66-68-53)18-30-8-7-9-31(16-30)28-78-38-21-35(20-36(23-38)76-2)71-26-41(74)47(49(71)58)54-64-51(67-69-54)33-10-5-4-6-11-33/h4-12,14-17,19-24,41,57-59,62,65,69,73-74H,13,18,25-29H2,1-3H3,(H,60,61)(H,64,67)(H,63,66,68)/b52-45-,54-47+,57-48?,58-49?,59-50?. The zero-order chi connectivity index (χ0) is 54.5. The number of aliphatic hydroxyl groups is 2. The second kappa shape index (κ2) is 20.1. The first kappa shape index (κ1) is 49.7. The smallest absolute Gasteiger partial charge is 0.208 e. The first-order chi connectivity index (χ1) is 38.3. The van der Waals surface area contributed by atoms with E-state index in [1.165, 1.54) is 4.90 Å². The molecule has 4 aromatic carbocycles. The summed E-state index contributed by atoms with van der Waals surface area (Å²) in [5, 5.41) is 63.8. The van der Waals surface area contributed by atoms with Crippen LogP contribution in [0.15, 0.2) is 160 Å². The van der Waals surface area contributed by atoms with Crippen LogP contribution in [0, 0.1) is 16.2 Å². The highest BCUT2D eigenvalue weighted by Gasteiger charge is 2.44. The summed E-state index contributed by atoms with van der Waals surface area (Å²) in [6, 6.07) is 28.1. The fourth-order valence-corrected chi connectivity index (χ4v) is 10.2. The number of anilines is 3. The van der Waals surface area contributed by atoms with Gasteiger partial charge in [-0.15, -0.1) is 0 Å². The van der Waals surface area contributed by atoms with Crippen LogP contribution in [0.5, 0.6) is 23.0 Å². The van der Waals surface area contributed by atoms with Crippen molar-refractivity contribution >= 4 is 52.0 Å². The molecule has 1 aliphatic carbocycles. The second-order valence-corrected chi connectivity index (χ2v) is 19.6. The summed E-state index contributed by atoms with van der Waals surface area (Å²) in [5.74, 6) is 4.47.